The summed E-state index contributed by atoms with van der Waals surface area (Å²) in [5.74, 6) is -2.14. The number of hydrogen-bond acceptors (Lipinski definition) is 18. The molecular formula is C48H76O19. The van der Waals surface area contributed by atoms with Crippen molar-refractivity contribution in [2.24, 2.45) is 50.2 Å². The highest BCUT2D eigenvalue weighted by molar-refractivity contribution is 5.85. The average Bonchev–Trinajstić information content (AvgIpc) is 3.27. The number of aliphatic hydroxyl groups excluding tert-OH is 10. The highest BCUT2D eigenvalue weighted by atomic mass is 16.7. The first-order valence-electron chi connectivity index (χ1n) is 24.3. The maximum absolute atomic E-state index is 14.7. The fourth-order valence-corrected chi connectivity index (χ4v) is 15.1. The molecule has 4 saturated carbocycles. The number of carboxylic acid groups (broad SMARTS) is 1. The van der Waals surface area contributed by atoms with E-state index in [2.05, 4.69) is 47.6 Å². The van der Waals surface area contributed by atoms with Crippen molar-refractivity contribution in [1.82, 2.24) is 0 Å². The second kappa shape index (κ2) is 18.0. The van der Waals surface area contributed by atoms with Crippen LogP contribution < -0.4 is 0 Å². The Morgan fingerprint density at radius 3 is 1.84 bits per heavy atom. The van der Waals surface area contributed by atoms with E-state index < -0.39 is 151 Å². The molecule has 0 bridgehead atoms. The molecule has 19 heteroatoms. The predicted octanol–water partition coefficient (Wildman–Crippen LogP) is 0.233. The predicted molar refractivity (Wildman–Crippen MR) is 231 cm³/mol. The van der Waals surface area contributed by atoms with E-state index in [1.165, 1.54) is 0 Å². The van der Waals surface area contributed by atoms with E-state index in [9.17, 15) is 65.8 Å². The number of allylic oxidation sites excluding steroid dienone is 1. The van der Waals surface area contributed by atoms with Crippen LogP contribution in [0, 0.1) is 50.2 Å². The third-order valence-electron chi connectivity index (χ3n) is 19.1. The van der Waals surface area contributed by atoms with Gasteiger partial charge in [-0.3, -0.25) is 9.59 Å². The van der Waals surface area contributed by atoms with Gasteiger partial charge in [-0.2, -0.15) is 0 Å². The number of rotatable bonds is 9. The summed E-state index contributed by atoms with van der Waals surface area (Å²) in [6, 6.07) is 0. The van der Waals surface area contributed by atoms with Gasteiger partial charge in [0.15, 0.2) is 12.6 Å². The van der Waals surface area contributed by atoms with Gasteiger partial charge < -0.3 is 84.6 Å². The first-order chi connectivity index (χ1) is 31.3. The molecule has 0 radical (unpaired) electrons. The molecule has 8 rings (SSSR count). The van der Waals surface area contributed by atoms with Gasteiger partial charge in [0.1, 0.15) is 67.1 Å². The largest absolute Gasteiger partial charge is 0.481 e. The minimum atomic E-state index is -1.77. The zero-order chi connectivity index (χ0) is 49.1. The van der Waals surface area contributed by atoms with E-state index in [0.29, 0.717) is 51.4 Å². The molecule has 7 fully saturated rings. The van der Waals surface area contributed by atoms with Crippen LogP contribution in [-0.4, -0.2) is 180 Å². The van der Waals surface area contributed by atoms with Crippen LogP contribution in [0.4, 0.5) is 0 Å². The fraction of sp³-hybridized carbons (Fsp3) is 0.917. The maximum atomic E-state index is 14.7. The Morgan fingerprint density at radius 1 is 0.657 bits per heavy atom. The molecule has 2 unspecified atom stereocenters. The molecule has 382 valence electrons. The van der Waals surface area contributed by atoms with Crippen LogP contribution in [0.1, 0.15) is 113 Å². The zero-order valence-corrected chi connectivity index (χ0v) is 39.7. The number of carbonyl (C=O) groups is 2. The second-order valence-corrected chi connectivity index (χ2v) is 23.3. The fourth-order valence-electron chi connectivity index (χ4n) is 15.1. The first kappa shape index (κ1) is 51.4. The van der Waals surface area contributed by atoms with Gasteiger partial charge in [0.25, 0.3) is 0 Å². The van der Waals surface area contributed by atoms with Gasteiger partial charge in [-0.15, -0.1) is 0 Å². The number of ether oxygens (including phenoxy) is 6. The number of aliphatic carboxylic acids is 1. The lowest BCUT2D eigenvalue weighted by Gasteiger charge is -2.70. The SMILES string of the molecule is C[C@H]1O[C@@H](O[C@H]2CC[C@@]3(C)C(CC[C@]4(C)C3CC=C3[C@@H]5CC(C)(C)CC[C@]5(C(=O)O[C@@H]5O[C@H](CO)[C@@H](O)[C@H](O)[C@H]5O)CC[C@]34C(=O)O)C2(C)C)[C@H](O)[C@@H](O)[C@H]1O[C@@H]1O[C@H](CO)[C@@H](O)[C@H](O)[C@H]1O. The molecule has 23 atom stereocenters. The number of hydrogen-bond donors (Lipinski definition) is 11. The summed E-state index contributed by atoms with van der Waals surface area (Å²) >= 11 is 0. The third kappa shape index (κ3) is 7.88. The summed E-state index contributed by atoms with van der Waals surface area (Å²) in [6.07, 6.45) is -15.9. The Balaban J connectivity index is 1.02. The lowest BCUT2D eigenvalue weighted by Crippen LogP contribution is -2.68. The molecular weight excluding hydrogens is 881 g/mol. The normalized spacial score (nSPS) is 52.6. The number of carbonyl (C=O) groups excluding carboxylic acids is 1. The summed E-state index contributed by atoms with van der Waals surface area (Å²) in [6.45, 7) is 13.1. The lowest BCUT2D eigenvalue weighted by molar-refractivity contribution is -0.364. The van der Waals surface area contributed by atoms with Gasteiger partial charge in [0.05, 0.1) is 36.3 Å². The van der Waals surface area contributed by atoms with Crippen LogP contribution in [0.5, 0.6) is 0 Å². The van der Waals surface area contributed by atoms with E-state index in [1.807, 2.05) is 0 Å². The molecule has 3 aliphatic heterocycles. The van der Waals surface area contributed by atoms with Gasteiger partial charge in [-0.1, -0.05) is 53.2 Å². The molecule has 0 spiro atoms. The van der Waals surface area contributed by atoms with Crippen LogP contribution >= 0.6 is 0 Å². The smallest absolute Gasteiger partial charge is 0.315 e. The second-order valence-electron chi connectivity index (χ2n) is 23.3. The monoisotopic (exact) mass is 956 g/mol. The van der Waals surface area contributed by atoms with Crippen LogP contribution in [0.15, 0.2) is 11.6 Å². The molecule has 0 aromatic rings. The average molecular weight is 957 g/mol. The Bertz CT molecular complexity index is 1870. The van der Waals surface area contributed by atoms with Crippen LogP contribution in [-0.2, 0) is 38.0 Å². The molecule has 67 heavy (non-hydrogen) atoms. The van der Waals surface area contributed by atoms with Crippen molar-refractivity contribution < 1.29 is 94.2 Å². The first-order valence-corrected chi connectivity index (χ1v) is 24.3. The summed E-state index contributed by atoms with van der Waals surface area (Å²) < 4.78 is 35.6. The van der Waals surface area contributed by atoms with Crippen molar-refractivity contribution in [3.8, 4) is 0 Å². The van der Waals surface area contributed by atoms with Crippen LogP contribution in [0.3, 0.4) is 0 Å². The quantitative estimate of drug-likeness (QED) is 0.0838. The summed E-state index contributed by atoms with van der Waals surface area (Å²) in [7, 11) is 0. The van der Waals surface area contributed by atoms with Crippen molar-refractivity contribution >= 4 is 11.9 Å². The van der Waals surface area contributed by atoms with Crippen molar-refractivity contribution in [2.45, 2.75) is 211 Å². The molecule has 0 aromatic carbocycles. The van der Waals surface area contributed by atoms with Crippen molar-refractivity contribution in [3.05, 3.63) is 11.6 Å². The highest BCUT2D eigenvalue weighted by Crippen LogP contribution is 2.76. The van der Waals surface area contributed by atoms with E-state index in [4.69, 9.17) is 28.4 Å². The summed E-state index contributed by atoms with van der Waals surface area (Å²) in [5.41, 5.74) is -3.59. The molecule has 5 aliphatic carbocycles. The van der Waals surface area contributed by atoms with E-state index in [0.717, 1.165) is 5.57 Å². The zero-order valence-electron chi connectivity index (χ0n) is 39.7. The number of aliphatic hydroxyl groups is 10. The number of esters is 1. The summed E-state index contributed by atoms with van der Waals surface area (Å²) in [4.78, 5) is 29.0. The van der Waals surface area contributed by atoms with Crippen LogP contribution in [0.2, 0.25) is 0 Å². The number of carboxylic acids is 1. The van der Waals surface area contributed by atoms with E-state index >= 15 is 0 Å². The standard InChI is InChI=1S/C48H76O19/c1-21-37(66-39-34(56)31(53)29(51)24(19-49)63-39)33(55)36(58)38(62-21)65-28-11-12-45(6)26(44(28,4)5)10-13-46(7)27(45)9-8-22-23-18-43(2,3)14-15-47(23,16-17-48(22,46)41(59)60)42(61)67-40-35(57)32(54)30(52)25(20-50)64-40/h8,21,23-40,49-58H,9-20H2,1-7H3,(H,59,60)/t21-,23+,24-,25-,26?,27?,28+,29-,30-,31+,32+,33-,34-,35-,36-,37+,38+,39+,40+,45+,46-,47+,48-/m1/s1. The summed E-state index contributed by atoms with van der Waals surface area (Å²) in [5, 5.41) is 117. The van der Waals surface area contributed by atoms with E-state index in [1.54, 1.807) is 6.92 Å². The minimum absolute atomic E-state index is 0.0350. The van der Waals surface area contributed by atoms with Crippen molar-refractivity contribution in [3.63, 3.8) is 0 Å². The molecule has 0 aromatic heterocycles. The minimum Gasteiger partial charge on any atom is -0.481 e. The molecule has 3 saturated heterocycles. The Hall–Kier alpha value is -1.92. The van der Waals surface area contributed by atoms with Gasteiger partial charge in [0, 0.05) is 0 Å². The lowest BCUT2D eigenvalue weighted by atomic mass is 9.33. The molecule has 3 heterocycles. The Morgan fingerprint density at radius 2 is 1.22 bits per heavy atom. The molecule has 11 N–H and O–H groups in total. The molecule has 19 nitrogen and oxygen atoms in total. The molecule has 8 aliphatic rings. The van der Waals surface area contributed by atoms with Crippen molar-refractivity contribution in [1.29, 1.82) is 0 Å². The van der Waals surface area contributed by atoms with Crippen molar-refractivity contribution in [2.75, 3.05) is 13.2 Å². The highest BCUT2D eigenvalue weighted by Gasteiger charge is 2.73. The van der Waals surface area contributed by atoms with Gasteiger partial charge >= 0.3 is 11.9 Å². The third-order valence-corrected chi connectivity index (χ3v) is 19.1. The van der Waals surface area contributed by atoms with Gasteiger partial charge in [-0.25, -0.2) is 0 Å². The maximum Gasteiger partial charge on any atom is 0.315 e. The number of fused-ring (bicyclic) bond motifs is 7. The van der Waals surface area contributed by atoms with Gasteiger partial charge in [-0.05, 0) is 111 Å². The van der Waals surface area contributed by atoms with Crippen LogP contribution in [0.25, 0.3) is 0 Å². The topological polar surface area (TPSA) is 312 Å². The van der Waals surface area contributed by atoms with E-state index in [-0.39, 0.29) is 35.5 Å². The Labute approximate surface area is 391 Å². The van der Waals surface area contributed by atoms with Gasteiger partial charge in [0.2, 0.25) is 6.29 Å². The molecule has 0 amide bonds. The Kier molecular flexibility index (Phi) is 13.8.